The summed E-state index contributed by atoms with van der Waals surface area (Å²) in [5.74, 6) is 0. The zero-order valence-corrected chi connectivity index (χ0v) is 10.6. The van der Waals surface area contributed by atoms with E-state index in [1.807, 2.05) is 5.38 Å². The molecule has 78 valence electrons. The minimum Gasteiger partial charge on any atom is -0.338 e. The predicted octanol–water partition coefficient (Wildman–Crippen LogP) is 3.22. The van der Waals surface area contributed by atoms with Crippen molar-refractivity contribution in [1.82, 2.24) is 9.55 Å². The number of nitrogens with zero attached hydrogens (tertiary/aromatic N) is 2. The first-order valence-corrected chi connectivity index (χ1v) is 6.15. The van der Waals surface area contributed by atoms with Crippen molar-refractivity contribution in [3.05, 3.63) is 38.0 Å². The van der Waals surface area contributed by atoms with Crippen LogP contribution in [0.1, 0.15) is 16.2 Å². The van der Waals surface area contributed by atoms with Gasteiger partial charge < -0.3 is 4.57 Å². The molecule has 0 amide bonds. The Kier molecular flexibility index (Phi) is 3.23. The maximum atomic E-state index is 10.7. The standard InChI is InChI=1S/C9H6BrClN2OS/c10-9-12-7(5-15-9)3-13-2-6(11)1-8(13)4-14/h1-2,4-5H,3H2. The molecule has 0 aromatic carbocycles. The van der Waals surface area contributed by atoms with E-state index in [1.165, 1.54) is 11.3 Å². The molecular formula is C9H6BrClN2OS. The van der Waals surface area contributed by atoms with E-state index in [1.54, 1.807) is 16.8 Å². The van der Waals surface area contributed by atoms with Crippen LogP contribution in [-0.2, 0) is 6.54 Å². The first kappa shape index (κ1) is 10.9. The molecule has 2 aromatic heterocycles. The Morgan fingerprint density at radius 1 is 1.67 bits per heavy atom. The highest BCUT2D eigenvalue weighted by Gasteiger charge is 2.06. The molecule has 6 heteroatoms. The van der Waals surface area contributed by atoms with Gasteiger partial charge in [-0.2, -0.15) is 0 Å². The normalized spacial score (nSPS) is 10.5. The summed E-state index contributed by atoms with van der Waals surface area (Å²) >= 11 is 10.6. The molecule has 0 saturated heterocycles. The highest BCUT2D eigenvalue weighted by Crippen LogP contribution is 2.19. The van der Waals surface area contributed by atoms with Crippen molar-refractivity contribution in [3.63, 3.8) is 0 Å². The summed E-state index contributed by atoms with van der Waals surface area (Å²) in [4.78, 5) is 15.0. The molecule has 0 aliphatic rings. The Morgan fingerprint density at radius 2 is 2.47 bits per heavy atom. The van der Waals surface area contributed by atoms with Gasteiger partial charge in [0, 0.05) is 11.6 Å². The van der Waals surface area contributed by atoms with E-state index >= 15 is 0 Å². The molecule has 0 atom stereocenters. The molecule has 0 N–H and O–H groups in total. The van der Waals surface area contributed by atoms with Crippen molar-refractivity contribution in [3.8, 4) is 0 Å². The Balaban J connectivity index is 2.27. The van der Waals surface area contributed by atoms with Crippen molar-refractivity contribution in [2.75, 3.05) is 0 Å². The molecular weight excluding hydrogens is 300 g/mol. The molecule has 2 aromatic rings. The number of hydrogen-bond donors (Lipinski definition) is 0. The molecule has 0 bridgehead atoms. The fraction of sp³-hybridized carbons (Fsp3) is 0.111. The lowest BCUT2D eigenvalue weighted by atomic mass is 10.4. The summed E-state index contributed by atoms with van der Waals surface area (Å²) in [6.07, 6.45) is 2.51. The number of aromatic nitrogens is 2. The van der Waals surface area contributed by atoms with Crippen LogP contribution in [0, 0.1) is 0 Å². The summed E-state index contributed by atoms with van der Waals surface area (Å²) in [5, 5.41) is 2.50. The van der Waals surface area contributed by atoms with Gasteiger partial charge in [-0.05, 0) is 22.0 Å². The fourth-order valence-corrected chi connectivity index (χ4v) is 2.52. The van der Waals surface area contributed by atoms with Crippen LogP contribution in [0.3, 0.4) is 0 Å². The van der Waals surface area contributed by atoms with Gasteiger partial charge in [-0.15, -0.1) is 11.3 Å². The lowest BCUT2D eigenvalue weighted by molar-refractivity contribution is 0.111. The van der Waals surface area contributed by atoms with Crippen LogP contribution in [0.15, 0.2) is 21.6 Å². The molecule has 0 aliphatic carbocycles. The monoisotopic (exact) mass is 304 g/mol. The lowest BCUT2D eigenvalue weighted by Gasteiger charge is -2.01. The van der Waals surface area contributed by atoms with E-state index in [-0.39, 0.29) is 0 Å². The van der Waals surface area contributed by atoms with Crippen LogP contribution < -0.4 is 0 Å². The van der Waals surface area contributed by atoms with Gasteiger partial charge in [-0.3, -0.25) is 4.79 Å². The Bertz CT molecular complexity index is 494. The van der Waals surface area contributed by atoms with E-state index in [4.69, 9.17) is 11.6 Å². The number of hydrogen-bond acceptors (Lipinski definition) is 3. The third-order valence-electron chi connectivity index (χ3n) is 1.87. The summed E-state index contributed by atoms with van der Waals surface area (Å²) in [5.41, 5.74) is 1.46. The summed E-state index contributed by atoms with van der Waals surface area (Å²) in [6, 6.07) is 1.63. The first-order chi connectivity index (χ1) is 7.19. The van der Waals surface area contributed by atoms with Crippen LogP contribution in [0.5, 0.6) is 0 Å². The van der Waals surface area contributed by atoms with Crippen LogP contribution >= 0.6 is 38.9 Å². The minimum absolute atomic E-state index is 0.558. The van der Waals surface area contributed by atoms with Crippen molar-refractivity contribution in [2.24, 2.45) is 0 Å². The molecule has 3 nitrogen and oxygen atoms in total. The average Bonchev–Trinajstić information content (AvgIpc) is 2.73. The second-order valence-electron chi connectivity index (χ2n) is 2.92. The predicted molar refractivity (Wildman–Crippen MR) is 63.7 cm³/mol. The molecule has 0 spiro atoms. The van der Waals surface area contributed by atoms with Crippen LogP contribution in [0.25, 0.3) is 0 Å². The molecule has 0 aliphatic heterocycles. The van der Waals surface area contributed by atoms with Crippen molar-refractivity contribution in [1.29, 1.82) is 0 Å². The summed E-state index contributed by atoms with van der Waals surface area (Å²) < 4.78 is 2.61. The van der Waals surface area contributed by atoms with Crippen LogP contribution in [0.2, 0.25) is 5.02 Å². The number of aldehydes is 1. The van der Waals surface area contributed by atoms with Gasteiger partial charge in [0.2, 0.25) is 0 Å². The molecule has 0 unspecified atom stereocenters. The van der Waals surface area contributed by atoms with E-state index in [0.29, 0.717) is 17.3 Å². The molecule has 0 saturated carbocycles. The SMILES string of the molecule is O=Cc1cc(Cl)cn1Cc1csc(Br)n1. The third-order valence-corrected chi connectivity index (χ3v) is 3.49. The molecule has 2 rings (SSSR count). The first-order valence-electron chi connectivity index (χ1n) is 4.10. The maximum Gasteiger partial charge on any atom is 0.166 e. The van der Waals surface area contributed by atoms with Gasteiger partial charge >= 0.3 is 0 Å². The zero-order chi connectivity index (χ0) is 10.8. The smallest absolute Gasteiger partial charge is 0.166 e. The van der Waals surface area contributed by atoms with E-state index < -0.39 is 0 Å². The largest absolute Gasteiger partial charge is 0.338 e. The topological polar surface area (TPSA) is 34.9 Å². The van der Waals surface area contributed by atoms with Crippen molar-refractivity contribution in [2.45, 2.75) is 6.54 Å². The van der Waals surface area contributed by atoms with E-state index in [0.717, 1.165) is 15.9 Å². The number of rotatable bonds is 3. The number of carbonyl (C=O) groups is 1. The van der Waals surface area contributed by atoms with E-state index in [2.05, 4.69) is 20.9 Å². The number of carbonyl (C=O) groups excluding carboxylic acids is 1. The van der Waals surface area contributed by atoms with Gasteiger partial charge in [0.15, 0.2) is 10.2 Å². The molecule has 15 heavy (non-hydrogen) atoms. The quantitative estimate of drug-likeness (QED) is 0.816. The van der Waals surface area contributed by atoms with Gasteiger partial charge in [0.05, 0.1) is 23.0 Å². The van der Waals surface area contributed by atoms with Gasteiger partial charge in [-0.1, -0.05) is 11.6 Å². The fourth-order valence-electron chi connectivity index (χ4n) is 1.25. The molecule has 0 radical (unpaired) electrons. The highest BCUT2D eigenvalue weighted by atomic mass is 79.9. The highest BCUT2D eigenvalue weighted by molar-refractivity contribution is 9.11. The van der Waals surface area contributed by atoms with Gasteiger partial charge in [-0.25, -0.2) is 4.98 Å². The average molecular weight is 306 g/mol. The second-order valence-corrected chi connectivity index (χ2v) is 5.49. The Hall–Kier alpha value is -0.650. The molecule has 0 fully saturated rings. The van der Waals surface area contributed by atoms with Gasteiger partial charge in [0.1, 0.15) is 0 Å². The zero-order valence-electron chi connectivity index (χ0n) is 7.48. The van der Waals surface area contributed by atoms with Crippen molar-refractivity contribution >= 4 is 45.2 Å². The van der Waals surface area contributed by atoms with Crippen molar-refractivity contribution < 1.29 is 4.79 Å². The minimum atomic E-state index is 0.558. The van der Waals surface area contributed by atoms with E-state index in [9.17, 15) is 4.79 Å². The second kappa shape index (κ2) is 4.47. The van der Waals surface area contributed by atoms with Gasteiger partial charge in [0.25, 0.3) is 0 Å². The lowest BCUT2D eigenvalue weighted by Crippen LogP contribution is -2.02. The third kappa shape index (κ3) is 2.48. The molecule has 2 heterocycles. The number of halogens is 2. The Labute approximate surface area is 104 Å². The maximum absolute atomic E-state index is 10.7. The summed E-state index contributed by atoms with van der Waals surface area (Å²) in [7, 11) is 0. The Morgan fingerprint density at radius 3 is 3.07 bits per heavy atom. The van der Waals surface area contributed by atoms with Crippen LogP contribution in [0.4, 0.5) is 0 Å². The number of thiazole rings is 1. The van der Waals surface area contributed by atoms with Crippen LogP contribution in [-0.4, -0.2) is 15.8 Å². The summed E-state index contributed by atoms with van der Waals surface area (Å²) in [6.45, 7) is 0.558.